The fourth-order valence-corrected chi connectivity index (χ4v) is 1.99. The van der Waals surface area contributed by atoms with Gasteiger partial charge in [0.15, 0.2) is 0 Å². The molecule has 0 radical (unpaired) electrons. The Kier molecular flexibility index (Phi) is 9.70. The molecule has 0 aliphatic rings. The molecule has 0 aliphatic carbocycles. The molecule has 0 unspecified atom stereocenters. The number of rotatable bonds is 2. The van der Waals surface area contributed by atoms with E-state index in [4.69, 9.17) is 15.2 Å². The zero-order valence-corrected chi connectivity index (χ0v) is 18.6. The van der Waals surface area contributed by atoms with Gasteiger partial charge in [0.1, 0.15) is 11.2 Å². The Labute approximate surface area is 168 Å². The third kappa shape index (κ3) is 10.5. The number of nitrogens with zero attached hydrogens (tertiary/aromatic N) is 2. The first-order valence-electron chi connectivity index (χ1n) is 9.40. The van der Waals surface area contributed by atoms with E-state index < -0.39 is 23.4 Å². The molecule has 0 aliphatic heterocycles. The molecule has 0 fully saturated rings. The second kappa shape index (κ2) is 10.7. The predicted octanol–water partition coefficient (Wildman–Crippen LogP) is 5.01. The van der Waals surface area contributed by atoms with Crippen molar-refractivity contribution >= 4 is 18.1 Å². The van der Waals surface area contributed by atoms with Crippen molar-refractivity contribution in [2.24, 2.45) is 10.7 Å². The summed E-state index contributed by atoms with van der Waals surface area (Å²) >= 11 is 0. The number of aryl methyl sites for hydroxylation is 1. The Morgan fingerprint density at radius 2 is 1.57 bits per heavy atom. The van der Waals surface area contributed by atoms with E-state index in [1.54, 1.807) is 41.5 Å². The van der Waals surface area contributed by atoms with Crippen molar-refractivity contribution in [1.82, 2.24) is 4.90 Å². The van der Waals surface area contributed by atoms with Gasteiger partial charge in [0.05, 0.1) is 6.54 Å². The molecular weight excluding hydrogens is 358 g/mol. The molecule has 0 saturated carbocycles. The van der Waals surface area contributed by atoms with Crippen LogP contribution in [0.3, 0.4) is 0 Å². The molecule has 158 valence electrons. The molecule has 2 amide bonds. The van der Waals surface area contributed by atoms with Crippen LogP contribution >= 0.6 is 0 Å². The second-order valence-electron chi connectivity index (χ2n) is 8.01. The fourth-order valence-electron chi connectivity index (χ4n) is 1.99. The summed E-state index contributed by atoms with van der Waals surface area (Å²) in [5.74, 6) is -0.282. The Balaban J connectivity index is 0.00000352. The van der Waals surface area contributed by atoms with E-state index in [1.807, 2.05) is 45.0 Å². The van der Waals surface area contributed by atoms with Crippen molar-refractivity contribution in [3.8, 4) is 0 Å². The first kappa shape index (κ1) is 25.4. The first-order chi connectivity index (χ1) is 12.8. The van der Waals surface area contributed by atoms with Crippen molar-refractivity contribution in [3.63, 3.8) is 0 Å². The predicted molar refractivity (Wildman–Crippen MR) is 112 cm³/mol. The SMILES string of the molecule is CC.Cc1cccc(CN(C(=O)OC(C)(C)C)/C(N)=N/C(=O)OC(C)(C)C)c1. The van der Waals surface area contributed by atoms with E-state index in [0.717, 1.165) is 16.0 Å². The van der Waals surface area contributed by atoms with Gasteiger partial charge in [0.25, 0.3) is 0 Å². The Morgan fingerprint density at radius 1 is 1.04 bits per heavy atom. The van der Waals surface area contributed by atoms with Gasteiger partial charge in [-0.25, -0.2) is 14.5 Å². The van der Waals surface area contributed by atoms with Gasteiger partial charge >= 0.3 is 12.2 Å². The Morgan fingerprint density at radius 3 is 2.04 bits per heavy atom. The first-order valence-corrected chi connectivity index (χ1v) is 9.40. The summed E-state index contributed by atoms with van der Waals surface area (Å²) in [4.78, 5) is 29.3. The van der Waals surface area contributed by atoms with Crippen LogP contribution in [0, 0.1) is 6.92 Å². The number of guanidine groups is 1. The molecule has 2 N–H and O–H groups in total. The van der Waals surface area contributed by atoms with E-state index in [-0.39, 0.29) is 12.5 Å². The molecular formula is C21H35N3O4. The molecule has 0 spiro atoms. The lowest BCUT2D eigenvalue weighted by molar-refractivity contribution is 0.0356. The number of hydrogen-bond donors (Lipinski definition) is 1. The minimum atomic E-state index is -0.868. The summed E-state index contributed by atoms with van der Waals surface area (Å²) in [7, 11) is 0. The minimum absolute atomic E-state index is 0.120. The molecule has 0 atom stereocenters. The average molecular weight is 394 g/mol. The molecule has 1 aromatic carbocycles. The van der Waals surface area contributed by atoms with E-state index >= 15 is 0 Å². The number of carbonyl (C=O) groups is 2. The zero-order chi connectivity index (χ0) is 22.1. The lowest BCUT2D eigenvalue weighted by Gasteiger charge is -2.27. The van der Waals surface area contributed by atoms with Crippen molar-refractivity contribution in [1.29, 1.82) is 0 Å². The van der Waals surface area contributed by atoms with Crippen LogP contribution < -0.4 is 5.73 Å². The monoisotopic (exact) mass is 393 g/mol. The van der Waals surface area contributed by atoms with Crippen molar-refractivity contribution < 1.29 is 19.1 Å². The molecule has 7 heteroatoms. The molecule has 0 aromatic heterocycles. The number of carbonyl (C=O) groups excluding carboxylic acids is 2. The molecule has 0 bridgehead atoms. The van der Waals surface area contributed by atoms with Crippen LogP contribution in [0.5, 0.6) is 0 Å². The largest absolute Gasteiger partial charge is 0.443 e. The molecule has 1 aromatic rings. The lowest BCUT2D eigenvalue weighted by atomic mass is 10.1. The molecule has 0 heterocycles. The van der Waals surface area contributed by atoms with Crippen LogP contribution in [0.25, 0.3) is 0 Å². The fraction of sp³-hybridized carbons (Fsp3) is 0.571. The van der Waals surface area contributed by atoms with Gasteiger partial charge in [0, 0.05) is 0 Å². The highest BCUT2D eigenvalue weighted by Crippen LogP contribution is 2.14. The topological polar surface area (TPSA) is 94.2 Å². The molecule has 28 heavy (non-hydrogen) atoms. The highest BCUT2D eigenvalue weighted by atomic mass is 16.6. The number of benzene rings is 1. The minimum Gasteiger partial charge on any atom is -0.443 e. The van der Waals surface area contributed by atoms with Crippen molar-refractivity contribution in [2.75, 3.05) is 0 Å². The maximum Gasteiger partial charge on any atom is 0.437 e. The van der Waals surface area contributed by atoms with E-state index in [0.29, 0.717) is 0 Å². The normalized spacial score (nSPS) is 11.8. The maximum atomic E-state index is 12.5. The number of aliphatic imine (C=N–C) groups is 1. The van der Waals surface area contributed by atoms with E-state index in [9.17, 15) is 9.59 Å². The summed E-state index contributed by atoms with van der Waals surface area (Å²) in [6, 6.07) is 7.59. The third-order valence-electron chi connectivity index (χ3n) is 2.91. The number of hydrogen-bond acceptors (Lipinski definition) is 4. The summed E-state index contributed by atoms with van der Waals surface area (Å²) in [6.07, 6.45) is -1.56. The van der Waals surface area contributed by atoms with Crippen molar-refractivity contribution in [3.05, 3.63) is 35.4 Å². The van der Waals surface area contributed by atoms with Crippen LogP contribution in [0.2, 0.25) is 0 Å². The van der Waals surface area contributed by atoms with Crippen molar-refractivity contribution in [2.45, 2.75) is 80.1 Å². The van der Waals surface area contributed by atoms with Gasteiger partial charge < -0.3 is 15.2 Å². The van der Waals surface area contributed by atoms with Gasteiger partial charge in [-0.2, -0.15) is 0 Å². The van der Waals surface area contributed by atoms with E-state index in [1.165, 1.54) is 0 Å². The van der Waals surface area contributed by atoms with Crippen LogP contribution in [-0.4, -0.2) is 34.2 Å². The van der Waals surface area contributed by atoms with Gasteiger partial charge in [-0.15, -0.1) is 4.99 Å². The highest BCUT2D eigenvalue weighted by molar-refractivity contribution is 5.98. The number of nitrogens with two attached hydrogens (primary N) is 1. The molecule has 0 saturated heterocycles. The van der Waals surface area contributed by atoms with Gasteiger partial charge in [0.2, 0.25) is 5.96 Å². The Hall–Kier alpha value is -2.57. The summed E-state index contributed by atoms with van der Waals surface area (Å²) in [5.41, 5.74) is 6.36. The lowest BCUT2D eigenvalue weighted by Crippen LogP contribution is -2.44. The number of ether oxygens (including phenoxy) is 2. The van der Waals surface area contributed by atoms with Crippen LogP contribution in [0.15, 0.2) is 29.3 Å². The van der Waals surface area contributed by atoms with E-state index in [2.05, 4.69) is 4.99 Å². The zero-order valence-electron chi connectivity index (χ0n) is 18.6. The molecule has 7 nitrogen and oxygen atoms in total. The van der Waals surface area contributed by atoms with Gasteiger partial charge in [-0.1, -0.05) is 43.7 Å². The quantitative estimate of drug-likeness (QED) is 0.563. The van der Waals surface area contributed by atoms with Crippen LogP contribution in [0.1, 0.15) is 66.5 Å². The van der Waals surface area contributed by atoms with Gasteiger partial charge in [-0.05, 0) is 54.0 Å². The number of amides is 2. The smallest absolute Gasteiger partial charge is 0.437 e. The standard InChI is InChI=1S/C19H29N3O4.C2H6/c1-13-9-8-10-14(11-13)12-22(17(24)26-19(5,6)7)15(20)21-16(23)25-18(2,3)4;1-2/h8-11H,12H2,1-7H3,(H2,20,21,23);1-2H3. The summed E-state index contributed by atoms with van der Waals surface area (Å²) in [6.45, 7) is 16.5. The van der Waals surface area contributed by atoms with Crippen LogP contribution in [0.4, 0.5) is 9.59 Å². The van der Waals surface area contributed by atoms with Gasteiger partial charge in [-0.3, -0.25) is 0 Å². The second-order valence-corrected chi connectivity index (χ2v) is 8.01. The maximum absolute atomic E-state index is 12.5. The third-order valence-corrected chi connectivity index (χ3v) is 2.91. The average Bonchev–Trinajstić information content (AvgIpc) is 2.50. The van der Waals surface area contributed by atoms with Crippen LogP contribution in [-0.2, 0) is 16.0 Å². The summed E-state index contributed by atoms with van der Waals surface area (Å²) in [5, 5.41) is 0. The summed E-state index contributed by atoms with van der Waals surface area (Å²) < 4.78 is 10.5. The Bertz CT molecular complexity index is 686. The molecule has 1 rings (SSSR count). The highest BCUT2D eigenvalue weighted by Gasteiger charge is 2.26.